The number of rotatable bonds is 8. The molecule has 1 unspecified atom stereocenters. The molecule has 1 fully saturated rings. The van der Waals surface area contributed by atoms with Crippen molar-refractivity contribution in [2.24, 2.45) is 5.84 Å². The normalized spacial score (nSPS) is 15.6. The number of nitrogens with two attached hydrogens (primary N) is 1. The van der Waals surface area contributed by atoms with Crippen LogP contribution in [0.1, 0.15) is 28.4 Å². The predicted octanol–water partition coefficient (Wildman–Crippen LogP) is 3.92. The molecule has 4 amide bonds. The summed E-state index contributed by atoms with van der Waals surface area (Å²) in [4.78, 5) is 44.3. The minimum atomic E-state index is -0.920. The van der Waals surface area contributed by atoms with Gasteiger partial charge >= 0.3 is 18.0 Å². The molecule has 0 radical (unpaired) electrons. The van der Waals surface area contributed by atoms with E-state index in [0.29, 0.717) is 17.2 Å². The van der Waals surface area contributed by atoms with Gasteiger partial charge in [-0.3, -0.25) is 9.88 Å². The molecular formula is C26H28N6O5. The van der Waals surface area contributed by atoms with Crippen LogP contribution in [0.25, 0.3) is 0 Å². The summed E-state index contributed by atoms with van der Waals surface area (Å²) in [6.07, 6.45) is 1.95. The summed E-state index contributed by atoms with van der Waals surface area (Å²) in [6.45, 7) is 4.15. The highest BCUT2D eigenvalue weighted by Crippen LogP contribution is 2.26. The van der Waals surface area contributed by atoms with Gasteiger partial charge in [-0.15, -0.1) is 0 Å². The Balaban J connectivity index is 1.52. The molecule has 0 spiro atoms. The zero-order valence-corrected chi connectivity index (χ0v) is 20.7. The van der Waals surface area contributed by atoms with Gasteiger partial charge in [0.2, 0.25) is 6.29 Å². The van der Waals surface area contributed by atoms with Gasteiger partial charge in [-0.05, 0) is 49.7 Å². The first-order valence-corrected chi connectivity index (χ1v) is 11.6. The van der Waals surface area contributed by atoms with Crippen molar-refractivity contribution in [1.29, 1.82) is 0 Å². The molecule has 11 nitrogen and oxygen atoms in total. The third kappa shape index (κ3) is 5.62. The van der Waals surface area contributed by atoms with Crippen molar-refractivity contribution in [2.45, 2.75) is 26.7 Å². The van der Waals surface area contributed by atoms with Crippen LogP contribution in [0.5, 0.6) is 11.5 Å². The number of pyridine rings is 1. The predicted molar refractivity (Wildman–Crippen MR) is 135 cm³/mol. The molecule has 37 heavy (non-hydrogen) atoms. The number of amides is 4. The molecule has 3 aromatic rings. The number of carbonyl (C=O) groups excluding carboxylic acids is 3. The Morgan fingerprint density at radius 3 is 2.38 bits per heavy atom. The number of nitrogens with one attached hydrogen (secondary N) is 1. The monoisotopic (exact) mass is 504 g/mol. The fourth-order valence-electron chi connectivity index (χ4n) is 3.81. The van der Waals surface area contributed by atoms with E-state index in [1.807, 2.05) is 31.2 Å². The first kappa shape index (κ1) is 25.5. The number of ether oxygens (including phenoxy) is 2. The minimum Gasteiger partial charge on any atom is -0.465 e. The summed E-state index contributed by atoms with van der Waals surface area (Å²) in [7, 11) is 1.29. The topological polar surface area (TPSA) is 130 Å². The summed E-state index contributed by atoms with van der Waals surface area (Å²) < 4.78 is 10.5. The van der Waals surface area contributed by atoms with Gasteiger partial charge in [0.15, 0.2) is 0 Å². The number of esters is 1. The highest BCUT2D eigenvalue weighted by molar-refractivity contribution is 5.96. The second kappa shape index (κ2) is 11.0. The largest absolute Gasteiger partial charge is 0.465 e. The second-order valence-corrected chi connectivity index (χ2v) is 8.38. The molecule has 0 saturated carbocycles. The highest BCUT2D eigenvalue weighted by atomic mass is 16.5. The van der Waals surface area contributed by atoms with Gasteiger partial charge in [0, 0.05) is 18.4 Å². The summed E-state index contributed by atoms with van der Waals surface area (Å²) in [5.74, 6) is 6.50. The van der Waals surface area contributed by atoms with Gasteiger partial charge < -0.3 is 14.8 Å². The fourth-order valence-corrected chi connectivity index (χ4v) is 3.81. The maximum atomic E-state index is 13.2. The van der Waals surface area contributed by atoms with Crippen LogP contribution in [-0.4, -0.2) is 57.8 Å². The van der Waals surface area contributed by atoms with Crippen LogP contribution < -0.4 is 15.9 Å². The molecule has 2 heterocycles. The molecule has 1 aliphatic heterocycles. The number of hydrogen-bond acceptors (Lipinski definition) is 8. The molecule has 0 bridgehead atoms. The number of imide groups is 1. The van der Waals surface area contributed by atoms with Crippen molar-refractivity contribution in [1.82, 2.24) is 19.8 Å². The maximum absolute atomic E-state index is 13.2. The second-order valence-electron chi connectivity index (χ2n) is 8.38. The van der Waals surface area contributed by atoms with E-state index in [-0.39, 0.29) is 18.7 Å². The Kier molecular flexibility index (Phi) is 7.54. The van der Waals surface area contributed by atoms with Crippen LogP contribution >= 0.6 is 0 Å². The molecule has 3 N–H and O–H groups in total. The molecule has 1 saturated heterocycles. The van der Waals surface area contributed by atoms with Crippen molar-refractivity contribution in [2.75, 3.05) is 19.0 Å². The summed E-state index contributed by atoms with van der Waals surface area (Å²) in [6, 6.07) is 15.1. The molecule has 11 heteroatoms. The number of urea groups is 2. The van der Waals surface area contributed by atoms with E-state index < -0.39 is 24.3 Å². The molecule has 1 atom stereocenters. The van der Waals surface area contributed by atoms with Crippen LogP contribution in [0.2, 0.25) is 0 Å². The summed E-state index contributed by atoms with van der Waals surface area (Å²) in [5.41, 5.74) is 2.87. The minimum absolute atomic E-state index is 0.195. The molecule has 192 valence electrons. The van der Waals surface area contributed by atoms with Crippen molar-refractivity contribution in [3.63, 3.8) is 0 Å². The third-order valence-electron chi connectivity index (χ3n) is 5.80. The molecule has 1 aliphatic rings. The average molecular weight is 505 g/mol. The number of hydrogen-bond donors (Lipinski definition) is 2. The standard InChI is InChI=1S/C26H28N6O5/c1-4-30-25(34)31(16-18-7-5-17(2)6-8-18)24(32(27)26(30)35)29-20-9-11-21(12-10-20)37-22-13-19(14-28-15-22)23(33)36-3/h5-15,24,29H,4,16,27H2,1-3H3. The molecule has 4 rings (SSSR count). The number of nitrogens with zero attached hydrogens (tertiary/aromatic N) is 4. The SMILES string of the molecule is CCN1C(=O)N(N)C(Nc2ccc(Oc3cncc(C(=O)OC)c3)cc2)N(Cc2ccc(C)cc2)C1=O. The van der Waals surface area contributed by atoms with Gasteiger partial charge in [0.25, 0.3) is 0 Å². The quantitative estimate of drug-likeness (QED) is 0.268. The zero-order chi connectivity index (χ0) is 26.5. The number of benzene rings is 2. The van der Waals surface area contributed by atoms with Crippen LogP contribution in [0.15, 0.2) is 67.0 Å². The third-order valence-corrected chi connectivity index (χ3v) is 5.80. The Morgan fingerprint density at radius 1 is 1.03 bits per heavy atom. The zero-order valence-electron chi connectivity index (χ0n) is 20.7. The summed E-state index contributed by atoms with van der Waals surface area (Å²) in [5, 5.41) is 4.18. The number of aromatic nitrogens is 1. The van der Waals surface area contributed by atoms with Crippen LogP contribution in [-0.2, 0) is 11.3 Å². The number of aryl methyl sites for hydroxylation is 1. The molecule has 1 aromatic heterocycles. The van der Waals surface area contributed by atoms with E-state index in [2.05, 4.69) is 10.3 Å². The van der Waals surface area contributed by atoms with Crippen LogP contribution in [0.4, 0.5) is 15.3 Å². The molecular weight excluding hydrogens is 476 g/mol. The van der Waals surface area contributed by atoms with Crippen LogP contribution in [0, 0.1) is 6.92 Å². The lowest BCUT2D eigenvalue weighted by molar-refractivity contribution is 0.0390. The molecule has 0 aliphatic carbocycles. The lowest BCUT2D eigenvalue weighted by Crippen LogP contribution is -2.70. The first-order chi connectivity index (χ1) is 17.8. The number of carbonyl (C=O) groups is 3. The Morgan fingerprint density at radius 2 is 1.73 bits per heavy atom. The maximum Gasteiger partial charge on any atom is 0.345 e. The van der Waals surface area contributed by atoms with Gasteiger partial charge in [-0.1, -0.05) is 29.8 Å². The highest BCUT2D eigenvalue weighted by Gasteiger charge is 2.42. The number of anilines is 1. The van der Waals surface area contributed by atoms with Crippen molar-refractivity contribution >= 4 is 23.7 Å². The number of hydrazine groups is 1. The Hall–Kier alpha value is -4.64. The van der Waals surface area contributed by atoms with Crippen LogP contribution in [0.3, 0.4) is 0 Å². The van der Waals surface area contributed by atoms with E-state index >= 15 is 0 Å². The fraction of sp³-hybridized carbons (Fsp3) is 0.231. The van der Waals surface area contributed by atoms with Gasteiger partial charge in [-0.2, -0.15) is 0 Å². The average Bonchev–Trinajstić information content (AvgIpc) is 2.91. The molecule has 2 aromatic carbocycles. The Labute approximate surface area is 214 Å². The Bertz CT molecular complexity index is 1280. The van der Waals surface area contributed by atoms with Gasteiger partial charge in [-0.25, -0.2) is 30.1 Å². The lowest BCUT2D eigenvalue weighted by atomic mass is 10.1. The lowest BCUT2D eigenvalue weighted by Gasteiger charge is -2.45. The van der Waals surface area contributed by atoms with Crippen molar-refractivity contribution in [3.05, 3.63) is 83.7 Å². The van der Waals surface area contributed by atoms with E-state index in [0.717, 1.165) is 21.0 Å². The van der Waals surface area contributed by atoms with Crippen molar-refractivity contribution < 1.29 is 23.9 Å². The van der Waals surface area contributed by atoms with Gasteiger partial charge in [0.1, 0.15) is 11.5 Å². The van der Waals surface area contributed by atoms with E-state index in [4.69, 9.17) is 15.3 Å². The van der Waals surface area contributed by atoms with Gasteiger partial charge in [0.05, 0.1) is 25.4 Å². The first-order valence-electron chi connectivity index (χ1n) is 11.6. The van der Waals surface area contributed by atoms with E-state index in [1.54, 1.807) is 31.2 Å². The van der Waals surface area contributed by atoms with E-state index in [9.17, 15) is 14.4 Å². The number of methoxy groups -OCH3 is 1. The smallest absolute Gasteiger partial charge is 0.345 e. The van der Waals surface area contributed by atoms with E-state index in [1.165, 1.54) is 30.5 Å². The summed E-state index contributed by atoms with van der Waals surface area (Å²) >= 11 is 0. The van der Waals surface area contributed by atoms with Crippen molar-refractivity contribution in [3.8, 4) is 11.5 Å².